The predicted molar refractivity (Wildman–Crippen MR) is 46.6 cm³/mol. The van der Waals surface area contributed by atoms with Crippen LogP contribution in [0.1, 0.15) is 6.92 Å². The third kappa shape index (κ3) is 2.24. The molecule has 1 rings (SSSR count). The smallest absolute Gasteiger partial charge is 0.0376 e. The zero-order valence-corrected chi connectivity index (χ0v) is 7.10. The Bertz CT molecular complexity index is 122. The first-order chi connectivity index (χ1) is 4.33. The molecule has 1 unspecified atom stereocenters. The molecule has 1 nitrogen and oxygen atoms in total. The van der Waals surface area contributed by atoms with Crippen molar-refractivity contribution in [1.29, 1.82) is 0 Å². The molecule has 1 aliphatic heterocycles. The quantitative estimate of drug-likeness (QED) is 0.633. The van der Waals surface area contributed by atoms with E-state index in [1.165, 1.54) is 9.99 Å². The highest BCUT2D eigenvalue weighted by atomic mass is 32.2. The van der Waals surface area contributed by atoms with Crippen molar-refractivity contribution >= 4 is 23.5 Å². The summed E-state index contributed by atoms with van der Waals surface area (Å²) in [6.07, 6.45) is 2.10. The van der Waals surface area contributed by atoms with Gasteiger partial charge in [-0.15, -0.1) is 23.5 Å². The zero-order chi connectivity index (χ0) is 6.69. The van der Waals surface area contributed by atoms with E-state index in [-0.39, 0.29) is 0 Å². The van der Waals surface area contributed by atoms with Crippen LogP contribution in [-0.4, -0.2) is 17.5 Å². The van der Waals surface area contributed by atoms with Crippen molar-refractivity contribution in [3.8, 4) is 0 Å². The van der Waals surface area contributed by atoms with E-state index in [0.29, 0.717) is 6.54 Å². The monoisotopic (exact) mass is 161 g/mol. The van der Waals surface area contributed by atoms with E-state index in [1.54, 1.807) is 0 Å². The second-order valence-electron chi connectivity index (χ2n) is 2.00. The van der Waals surface area contributed by atoms with Crippen LogP contribution in [0.5, 0.6) is 0 Å². The van der Waals surface area contributed by atoms with E-state index in [0.717, 1.165) is 5.25 Å². The zero-order valence-electron chi connectivity index (χ0n) is 5.46. The molecule has 0 saturated carbocycles. The molecule has 3 heteroatoms. The molecule has 0 aromatic rings. The van der Waals surface area contributed by atoms with Crippen LogP contribution in [0.3, 0.4) is 0 Å². The first-order valence-corrected chi connectivity index (χ1v) is 4.89. The Morgan fingerprint density at radius 3 is 3.11 bits per heavy atom. The summed E-state index contributed by atoms with van der Waals surface area (Å²) >= 11 is 3.85. The number of nitrogens with two attached hydrogens (primary N) is 1. The minimum Gasteiger partial charge on any atom is -0.327 e. The van der Waals surface area contributed by atoms with Gasteiger partial charge in [0.05, 0.1) is 0 Å². The summed E-state index contributed by atoms with van der Waals surface area (Å²) < 4.78 is 1.41. The molecule has 0 bridgehead atoms. The highest BCUT2D eigenvalue weighted by Gasteiger charge is 2.14. The molecule has 1 aliphatic rings. The summed E-state index contributed by atoms with van der Waals surface area (Å²) in [7, 11) is 0. The van der Waals surface area contributed by atoms with E-state index in [1.807, 2.05) is 23.5 Å². The Labute approximate surface area is 64.5 Å². The maximum atomic E-state index is 5.35. The molecule has 0 amide bonds. The second-order valence-corrected chi connectivity index (χ2v) is 4.80. The van der Waals surface area contributed by atoms with Gasteiger partial charge < -0.3 is 5.73 Å². The molecule has 9 heavy (non-hydrogen) atoms. The standard InChI is InChI=1S/C6H11NS2/c1-5-4-8-6(9-5)2-3-7/h2,5H,3-4,7H2,1H3. The summed E-state index contributed by atoms with van der Waals surface area (Å²) in [5.41, 5.74) is 5.35. The van der Waals surface area contributed by atoms with Gasteiger partial charge in [0, 0.05) is 21.8 Å². The molecule has 1 saturated heterocycles. The summed E-state index contributed by atoms with van der Waals surface area (Å²) in [6.45, 7) is 2.93. The van der Waals surface area contributed by atoms with Crippen molar-refractivity contribution in [3.63, 3.8) is 0 Å². The number of hydrogen-bond acceptors (Lipinski definition) is 3. The van der Waals surface area contributed by atoms with Gasteiger partial charge in [-0.3, -0.25) is 0 Å². The molecule has 0 aromatic heterocycles. The molecule has 0 radical (unpaired) electrons. The maximum absolute atomic E-state index is 5.35. The SMILES string of the molecule is CC1CSC(=CCN)S1. The van der Waals surface area contributed by atoms with E-state index < -0.39 is 0 Å². The number of hydrogen-bond donors (Lipinski definition) is 1. The summed E-state index contributed by atoms with van der Waals surface area (Å²) in [5.74, 6) is 1.25. The topological polar surface area (TPSA) is 26.0 Å². The van der Waals surface area contributed by atoms with Gasteiger partial charge in [0.1, 0.15) is 0 Å². The van der Waals surface area contributed by atoms with Gasteiger partial charge in [-0.2, -0.15) is 0 Å². The Morgan fingerprint density at radius 2 is 2.67 bits per heavy atom. The van der Waals surface area contributed by atoms with Gasteiger partial charge in [0.2, 0.25) is 0 Å². The summed E-state index contributed by atoms with van der Waals surface area (Å²) in [4.78, 5) is 0. The molecule has 0 spiro atoms. The fourth-order valence-electron chi connectivity index (χ4n) is 0.669. The second kappa shape index (κ2) is 3.54. The van der Waals surface area contributed by atoms with E-state index in [2.05, 4.69) is 13.0 Å². The van der Waals surface area contributed by atoms with Crippen molar-refractivity contribution in [1.82, 2.24) is 0 Å². The Balaban J connectivity index is 2.38. The number of thioether (sulfide) groups is 2. The molecular weight excluding hydrogens is 150 g/mol. The van der Waals surface area contributed by atoms with Crippen LogP contribution in [-0.2, 0) is 0 Å². The average Bonchev–Trinajstić information content (AvgIpc) is 2.17. The summed E-state index contributed by atoms with van der Waals surface area (Å²) in [5, 5.41) is 0.785. The molecule has 0 aromatic carbocycles. The van der Waals surface area contributed by atoms with E-state index in [4.69, 9.17) is 5.73 Å². The lowest BCUT2D eigenvalue weighted by molar-refractivity contribution is 1.15. The lowest BCUT2D eigenvalue weighted by atomic mass is 10.6. The van der Waals surface area contributed by atoms with Gasteiger partial charge in [0.25, 0.3) is 0 Å². The highest BCUT2D eigenvalue weighted by Crippen LogP contribution is 2.40. The van der Waals surface area contributed by atoms with Crippen molar-refractivity contribution < 1.29 is 0 Å². The van der Waals surface area contributed by atoms with Gasteiger partial charge in [-0.25, -0.2) is 0 Å². The van der Waals surface area contributed by atoms with Crippen LogP contribution in [0.2, 0.25) is 0 Å². The lowest BCUT2D eigenvalue weighted by Crippen LogP contribution is -1.92. The largest absolute Gasteiger partial charge is 0.327 e. The molecule has 2 N–H and O–H groups in total. The van der Waals surface area contributed by atoms with Crippen LogP contribution in [0.25, 0.3) is 0 Å². The molecule has 1 atom stereocenters. The van der Waals surface area contributed by atoms with E-state index >= 15 is 0 Å². The number of rotatable bonds is 1. The minimum atomic E-state index is 0.683. The lowest BCUT2D eigenvalue weighted by Gasteiger charge is -1.92. The molecular formula is C6H11NS2. The average molecular weight is 161 g/mol. The van der Waals surface area contributed by atoms with Gasteiger partial charge in [-0.1, -0.05) is 13.0 Å². The van der Waals surface area contributed by atoms with Crippen LogP contribution >= 0.6 is 23.5 Å². The fraction of sp³-hybridized carbons (Fsp3) is 0.667. The van der Waals surface area contributed by atoms with Crippen molar-refractivity contribution in [2.45, 2.75) is 12.2 Å². The Hall–Kier alpha value is 0.400. The van der Waals surface area contributed by atoms with Crippen LogP contribution < -0.4 is 5.73 Å². The van der Waals surface area contributed by atoms with E-state index in [9.17, 15) is 0 Å². The van der Waals surface area contributed by atoms with Crippen LogP contribution in [0.4, 0.5) is 0 Å². The van der Waals surface area contributed by atoms with Gasteiger partial charge in [-0.05, 0) is 0 Å². The first kappa shape index (κ1) is 7.51. The highest BCUT2D eigenvalue weighted by molar-refractivity contribution is 8.25. The van der Waals surface area contributed by atoms with Crippen LogP contribution in [0.15, 0.2) is 10.3 Å². The maximum Gasteiger partial charge on any atom is 0.0376 e. The summed E-state index contributed by atoms with van der Waals surface area (Å²) in [6, 6.07) is 0. The van der Waals surface area contributed by atoms with Crippen molar-refractivity contribution in [2.24, 2.45) is 5.73 Å². The van der Waals surface area contributed by atoms with Gasteiger partial charge in [0.15, 0.2) is 0 Å². The fourth-order valence-corrected chi connectivity index (χ4v) is 3.32. The first-order valence-electron chi connectivity index (χ1n) is 3.02. The normalized spacial score (nSPS) is 31.8. The van der Waals surface area contributed by atoms with Crippen molar-refractivity contribution in [3.05, 3.63) is 10.3 Å². The van der Waals surface area contributed by atoms with Gasteiger partial charge >= 0.3 is 0 Å². The third-order valence-corrected chi connectivity index (χ3v) is 4.00. The molecule has 1 heterocycles. The third-order valence-electron chi connectivity index (χ3n) is 1.06. The van der Waals surface area contributed by atoms with Crippen LogP contribution in [0, 0.1) is 0 Å². The molecule has 1 fully saturated rings. The Morgan fingerprint density at radius 1 is 1.89 bits per heavy atom. The van der Waals surface area contributed by atoms with Crippen molar-refractivity contribution in [2.75, 3.05) is 12.3 Å². The molecule has 52 valence electrons. The molecule has 0 aliphatic carbocycles. The predicted octanol–water partition coefficient (Wildman–Crippen LogP) is 1.66. The minimum absolute atomic E-state index is 0.683. The Kier molecular flexibility index (Phi) is 2.95.